The second-order valence-electron chi connectivity index (χ2n) is 6.55. The van der Waals surface area contributed by atoms with Crippen LogP contribution in [0.5, 0.6) is 0 Å². The van der Waals surface area contributed by atoms with Gasteiger partial charge in [-0.15, -0.1) is 0 Å². The molecule has 0 spiro atoms. The Labute approximate surface area is 120 Å². The van der Waals surface area contributed by atoms with Crippen LogP contribution in [-0.4, -0.2) is 36.2 Å². The van der Waals surface area contributed by atoms with E-state index in [0.29, 0.717) is 18.4 Å². The summed E-state index contributed by atoms with van der Waals surface area (Å²) in [6.45, 7) is 8.78. The topological polar surface area (TPSA) is 29.3 Å². The predicted molar refractivity (Wildman–Crippen MR) is 76.6 cm³/mol. The average Bonchev–Trinajstić information content (AvgIpc) is 2.82. The minimum atomic E-state index is -4.06. The van der Waals surface area contributed by atoms with Crippen LogP contribution in [0.25, 0.3) is 0 Å². The van der Waals surface area contributed by atoms with Gasteiger partial charge < -0.3 is 5.73 Å². The van der Waals surface area contributed by atoms with Gasteiger partial charge in [-0.05, 0) is 51.0 Å². The van der Waals surface area contributed by atoms with Gasteiger partial charge in [-0.1, -0.05) is 13.8 Å². The molecular formula is C15H29F3N2. The summed E-state index contributed by atoms with van der Waals surface area (Å²) >= 11 is 0. The van der Waals surface area contributed by atoms with Crippen molar-refractivity contribution in [3.63, 3.8) is 0 Å². The molecule has 0 aromatic carbocycles. The quantitative estimate of drug-likeness (QED) is 0.770. The lowest BCUT2D eigenvalue weighted by Gasteiger charge is -2.40. The van der Waals surface area contributed by atoms with E-state index in [1.54, 1.807) is 0 Å². The van der Waals surface area contributed by atoms with Crippen LogP contribution in [-0.2, 0) is 0 Å². The van der Waals surface area contributed by atoms with E-state index < -0.39 is 12.6 Å². The van der Waals surface area contributed by atoms with Gasteiger partial charge in [0.05, 0.1) is 0 Å². The zero-order valence-electron chi connectivity index (χ0n) is 13.0. The smallest absolute Gasteiger partial charge is 0.329 e. The Morgan fingerprint density at radius 3 is 2.15 bits per heavy atom. The molecule has 0 saturated carbocycles. The maximum atomic E-state index is 12.3. The van der Waals surface area contributed by atoms with Crippen molar-refractivity contribution in [1.29, 1.82) is 0 Å². The highest BCUT2D eigenvalue weighted by atomic mass is 19.4. The van der Waals surface area contributed by atoms with E-state index in [1.807, 2.05) is 6.92 Å². The molecule has 20 heavy (non-hydrogen) atoms. The van der Waals surface area contributed by atoms with Gasteiger partial charge in [-0.3, -0.25) is 4.90 Å². The first-order chi connectivity index (χ1) is 9.20. The molecule has 1 rings (SSSR count). The Kier molecular flexibility index (Phi) is 5.90. The molecule has 2 N–H and O–H groups in total. The first-order valence-electron chi connectivity index (χ1n) is 7.72. The Morgan fingerprint density at radius 1 is 1.15 bits per heavy atom. The van der Waals surface area contributed by atoms with Crippen molar-refractivity contribution in [3.05, 3.63) is 0 Å². The largest absolute Gasteiger partial charge is 0.389 e. The van der Waals surface area contributed by atoms with Crippen molar-refractivity contribution in [1.82, 2.24) is 4.90 Å². The number of hydrogen-bond acceptors (Lipinski definition) is 2. The van der Waals surface area contributed by atoms with Crippen molar-refractivity contribution in [2.75, 3.05) is 19.6 Å². The molecule has 2 nitrogen and oxygen atoms in total. The van der Waals surface area contributed by atoms with Gasteiger partial charge >= 0.3 is 6.18 Å². The lowest BCUT2D eigenvalue weighted by molar-refractivity contribution is -0.136. The second-order valence-corrected chi connectivity index (χ2v) is 6.55. The number of nitrogens with zero attached hydrogens (tertiary/aromatic N) is 1. The molecule has 0 aromatic heterocycles. The summed E-state index contributed by atoms with van der Waals surface area (Å²) in [6.07, 6.45) is -0.688. The van der Waals surface area contributed by atoms with Gasteiger partial charge in [0.25, 0.3) is 0 Å². The monoisotopic (exact) mass is 294 g/mol. The summed E-state index contributed by atoms with van der Waals surface area (Å²) in [4.78, 5) is 2.33. The Morgan fingerprint density at radius 2 is 1.75 bits per heavy atom. The molecular weight excluding hydrogens is 265 g/mol. The molecule has 120 valence electrons. The third-order valence-electron chi connectivity index (χ3n) is 5.32. The molecule has 1 fully saturated rings. The van der Waals surface area contributed by atoms with Gasteiger partial charge in [0.15, 0.2) is 0 Å². The van der Waals surface area contributed by atoms with E-state index in [-0.39, 0.29) is 12.0 Å². The molecule has 0 bridgehead atoms. The fraction of sp³-hybridized carbons (Fsp3) is 1.00. The van der Waals surface area contributed by atoms with E-state index in [1.165, 1.54) is 0 Å². The van der Waals surface area contributed by atoms with Crippen molar-refractivity contribution in [2.45, 2.75) is 71.0 Å². The number of hydrogen-bond donors (Lipinski definition) is 1. The van der Waals surface area contributed by atoms with Gasteiger partial charge in [0, 0.05) is 25.0 Å². The Bertz CT molecular complexity index is 300. The lowest BCUT2D eigenvalue weighted by Crippen LogP contribution is -2.51. The van der Waals surface area contributed by atoms with Gasteiger partial charge in [-0.2, -0.15) is 13.2 Å². The highest BCUT2D eigenvalue weighted by Crippen LogP contribution is 2.41. The SMILES string of the molecule is CCC1(CC)CCN(C(C)(CN)CCCC(F)(F)F)C1. The minimum Gasteiger partial charge on any atom is -0.329 e. The third-order valence-corrected chi connectivity index (χ3v) is 5.32. The minimum absolute atomic E-state index is 0.166. The van der Waals surface area contributed by atoms with Crippen molar-refractivity contribution >= 4 is 0 Å². The molecule has 1 saturated heterocycles. The predicted octanol–water partition coefficient (Wildman–Crippen LogP) is 3.95. The lowest BCUT2D eigenvalue weighted by atomic mass is 9.81. The first kappa shape index (κ1) is 17.8. The molecule has 1 heterocycles. The first-order valence-corrected chi connectivity index (χ1v) is 7.72. The van der Waals surface area contributed by atoms with E-state index in [4.69, 9.17) is 5.73 Å². The number of nitrogens with two attached hydrogens (primary N) is 1. The number of rotatable bonds is 7. The molecule has 1 unspecified atom stereocenters. The Balaban J connectivity index is 2.61. The summed E-state index contributed by atoms with van der Waals surface area (Å²) in [6, 6.07) is 0. The molecule has 0 amide bonds. The van der Waals surface area contributed by atoms with E-state index >= 15 is 0 Å². The van der Waals surface area contributed by atoms with Gasteiger partial charge in [0.2, 0.25) is 0 Å². The maximum Gasteiger partial charge on any atom is 0.389 e. The zero-order valence-corrected chi connectivity index (χ0v) is 13.0. The van der Waals surface area contributed by atoms with Crippen molar-refractivity contribution < 1.29 is 13.2 Å². The molecule has 1 aliphatic heterocycles. The maximum absolute atomic E-state index is 12.3. The normalized spacial score (nSPS) is 22.9. The number of alkyl halides is 3. The third kappa shape index (κ3) is 4.35. The van der Waals surface area contributed by atoms with Crippen molar-refractivity contribution in [3.8, 4) is 0 Å². The van der Waals surface area contributed by atoms with Crippen LogP contribution in [0, 0.1) is 5.41 Å². The van der Waals surface area contributed by atoms with E-state index in [2.05, 4.69) is 18.7 Å². The summed E-state index contributed by atoms with van der Waals surface area (Å²) < 4.78 is 36.9. The molecule has 1 atom stereocenters. The summed E-state index contributed by atoms with van der Waals surface area (Å²) in [5.41, 5.74) is 5.92. The highest BCUT2D eigenvalue weighted by molar-refractivity contribution is 4.97. The standard InChI is InChI=1S/C15H29F3N2/c1-4-14(5-2)9-10-20(12-14)13(3,11-19)7-6-8-15(16,17)18/h4-12,19H2,1-3H3. The summed E-state index contributed by atoms with van der Waals surface area (Å²) in [7, 11) is 0. The van der Waals surface area contributed by atoms with Crippen LogP contribution in [0.4, 0.5) is 13.2 Å². The van der Waals surface area contributed by atoms with Crippen LogP contribution >= 0.6 is 0 Å². The van der Waals surface area contributed by atoms with E-state index in [0.717, 1.165) is 32.4 Å². The van der Waals surface area contributed by atoms with Crippen LogP contribution in [0.1, 0.15) is 59.3 Å². The Hall–Kier alpha value is -0.290. The molecule has 1 aliphatic rings. The zero-order chi connectivity index (χ0) is 15.4. The molecule has 0 aromatic rings. The second kappa shape index (κ2) is 6.65. The van der Waals surface area contributed by atoms with Gasteiger partial charge in [-0.25, -0.2) is 0 Å². The summed E-state index contributed by atoms with van der Waals surface area (Å²) in [5.74, 6) is 0. The fourth-order valence-corrected chi connectivity index (χ4v) is 3.28. The van der Waals surface area contributed by atoms with Crippen LogP contribution < -0.4 is 5.73 Å². The van der Waals surface area contributed by atoms with Crippen LogP contribution in [0.15, 0.2) is 0 Å². The molecule has 5 heteroatoms. The number of likely N-dealkylation sites (tertiary alicyclic amines) is 1. The fourth-order valence-electron chi connectivity index (χ4n) is 3.28. The van der Waals surface area contributed by atoms with Crippen LogP contribution in [0.3, 0.4) is 0 Å². The highest BCUT2D eigenvalue weighted by Gasteiger charge is 2.42. The molecule has 0 radical (unpaired) electrons. The van der Waals surface area contributed by atoms with Crippen molar-refractivity contribution in [2.24, 2.45) is 11.1 Å². The molecule has 0 aliphatic carbocycles. The summed E-state index contributed by atoms with van der Waals surface area (Å²) in [5, 5.41) is 0. The number of halogens is 3. The van der Waals surface area contributed by atoms with Gasteiger partial charge in [0.1, 0.15) is 0 Å². The van der Waals surface area contributed by atoms with E-state index in [9.17, 15) is 13.2 Å². The average molecular weight is 294 g/mol. The van der Waals surface area contributed by atoms with Crippen LogP contribution in [0.2, 0.25) is 0 Å².